The van der Waals surface area contributed by atoms with E-state index in [1.54, 1.807) is 35.4 Å². The van der Waals surface area contributed by atoms with E-state index in [1.165, 1.54) is 14.2 Å². The molecule has 0 bridgehead atoms. The van der Waals surface area contributed by atoms with E-state index in [2.05, 4.69) is 15.0 Å². The molecule has 0 aliphatic carbocycles. The van der Waals surface area contributed by atoms with E-state index in [9.17, 15) is 13.2 Å². The minimum absolute atomic E-state index is 0.00442. The van der Waals surface area contributed by atoms with Crippen LogP contribution in [-0.2, 0) is 40.7 Å². The molecule has 42 heavy (non-hydrogen) atoms. The Hall–Kier alpha value is -4.26. The first kappa shape index (κ1) is 29.2. The molecule has 0 radical (unpaired) electrons. The zero-order chi connectivity index (χ0) is 30.2. The lowest BCUT2D eigenvalue weighted by Crippen LogP contribution is -2.40. The lowest BCUT2D eigenvalue weighted by molar-refractivity contribution is 0.0222. The molecule has 0 spiro atoms. The summed E-state index contributed by atoms with van der Waals surface area (Å²) in [6, 6.07) is 8.62. The van der Waals surface area contributed by atoms with E-state index < -0.39 is 15.6 Å². The number of rotatable bonds is 8. The van der Waals surface area contributed by atoms with Gasteiger partial charge in [-0.25, -0.2) is 13.2 Å². The number of aryl methyl sites for hydroxylation is 1. The first-order valence-electron chi connectivity index (χ1n) is 13.6. The van der Waals surface area contributed by atoms with Gasteiger partial charge in [0.1, 0.15) is 27.4 Å². The Morgan fingerprint density at radius 2 is 1.86 bits per heavy atom. The van der Waals surface area contributed by atoms with Gasteiger partial charge in [0.2, 0.25) is 0 Å². The van der Waals surface area contributed by atoms with Crippen molar-refractivity contribution in [3.63, 3.8) is 0 Å². The third kappa shape index (κ3) is 5.87. The van der Waals surface area contributed by atoms with Gasteiger partial charge in [-0.15, -0.1) is 0 Å². The number of ether oxygens (including phenoxy) is 3. The fraction of sp³-hybridized carbons (Fsp3) is 0.414. The van der Waals surface area contributed by atoms with Crippen LogP contribution >= 0.6 is 0 Å². The highest BCUT2D eigenvalue weighted by Gasteiger charge is 2.29. The third-order valence-corrected chi connectivity index (χ3v) is 8.33. The van der Waals surface area contributed by atoms with Gasteiger partial charge in [0.05, 0.1) is 33.5 Å². The number of aromatic nitrogens is 3. The molecule has 2 aromatic heterocycles. The molecular weight excluding hydrogens is 562 g/mol. The normalized spacial score (nSPS) is 13.6. The first-order valence-corrected chi connectivity index (χ1v) is 15.1. The molecule has 1 amide bonds. The van der Waals surface area contributed by atoms with Crippen molar-refractivity contribution in [1.29, 1.82) is 0 Å². The van der Waals surface area contributed by atoms with Crippen molar-refractivity contribution < 1.29 is 31.9 Å². The summed E-state index contributed by atoms with van der Waals surface area (Å²) in [4.78, 5) is 14.2. The summed E-state index contributed by atoms with van der Waals surface area (Å²) in [5, 5.41) is 8.97. The second-order valence-corrected chi connectivity index (χ2v) is 12.7. The van der Waals surface area contributed by atoms with E-state index in [0.29, 0.717) is 49.2 Å². The van der Waals surface area contributed by atoms with Crippen molar-refractivity contribution in [3.05, 3.63) is 58.9 Å². The molecule has 13 heteroatoms. The maximum absolute atomic E-state index is 13.4. The molecule has 0 fully saturated rings. The van der Waals surface area contributed by atoms with E-state index in [4.69, 9.17) is 18.7 Å². The van der Waals surface area contributed by atoms with Gasteiger partial charge in [0.25, 0.3) is 10.0 Å². The Kier molecular flexibility index (Phi) is 7.80. The summed E-state index contributed by atoms with van der Waals surface area (Å²) in [5.74, 6) is 0.627. The number of benzene rings is 2. The zero-order valence-corrected chi connectivity index (χ0v) is 25.4. The van der Waals surface area contributed by atoms with Crippen molar-refractivity contribution >= 4 is 32.9 Å². The van der Waals surface area contributed by atoms with Gasteiger partial charge in [0.15, 0.2) is 11.4 Å². The number of fused-ring (bicyclic) bond motifs is 2. The summed E-state index contributed by atoms with van der Waals surface area (Å²) in [7, 11) is -1.14. The van der Waals surface area contributed by atoms with Crippen molar-refractivity contribution in [3.8, 4) is 11.5 Å². The number of carbonyl (C=O) groups is 1. The van der Waals surface area contributed by atoms with Crippen LogP contribution < -0.4 is 14.2 Å². The molecule has 5 rings (SSSR count). The van der Waals surface area contributed by atoms with Gasteiger partial charge >= 0.3 is 6.09 Å². The summed E-state index contributed by atoms with van der Waals surface area (Å²) in [6.45, 7) is 8.83. The number of sulfonamides is 1. The summed E-state index contributed by atoms with van der Waals surface area (Å²) < 4.78 is 53.2. The molecule has 2 aromatic carbocycles. The van der Waals surface area contributed by atoms with Crippen LogP contribution in [0.25, 0.3) is 11.0 Å². The molecule has 0 saturated heterocycles. The Morgan fingerprint density at radius 3 is 2.55 bits per heavy atom. The van der Waals surface area contributed by atoms with Gasteiger partial charge in [-0.2, -0.15) is 5.10 Å². The highest BCUT2D eigenvalue weighted by atomic mass is 32.2. The second kappa shape index (κ2) is 11.2. The molecule has 12 nitrogen and oxygen atoms in total. The van der Waals surface area contributed by atoms with Crippen molar-refractivity contribution in [1.82, 2.24) is 19.8 Å². The standard InChI is InChI=1S/C29H35N5O7S/c1-7-18-8-9-22(38-5)25(14-18)42(36,37)32-27-26-23(39-6)12-19(13-24(26)41-31-27)16-34-21-10-11-33(17-20(21)15-30-34)28(35)40-29(2,3)4/h8-9,12-15H,7,10-11,16-17H2,1-6H3,(H,31,32). The lowest BCUT2D eigenvalue weighted by atomic mass is 10.1. The minimum Gasteiger partial charge on any atom is -0.496 e. The van der Waals surface area contributed by atoms with Crippen LogP contribution in [0, 0.1) is 0 Å². The molecule has 0 unspecified atom stereocenters. The van der Waals surface area contributed by atoms with Crippen LogP contribution in [-0.4, -0.2) is 60.7 Å². The lowest BCUT2D eigenvalue weighted by Gasteiger charge is -2.30. The van der Waals surface area contributed by atoms with E-state index >= 15 is 0 Å². The molecule has 1 aliphatic heterocycles. The van der Waals surface area contributed by atoms with Crippen LogP contribution in [0.5, 0.6) is 11.5 Å². The SMILES string of the molecule is CCc1ccc(OC)c(S(=O)(=O)Nc2noc3cc(Cn4ncc5c4CCN(C(=O)OC(C)(C)C)C5)cc(OC)c23)c1. The predicted molar refractivity (Wildman–Crippen MR) is 155 cm³/mol. The van der Waals surface area contributed by atoms with E-state index in [-0.39, 0.29) is 22.6 Å². The topological polar surface area (TPSA) is 138 Å². The summed E-state index contributed by atoms with van der Waals surface area (Å²) >= 11 is 0. The minimum atomic E-state index is -4.06. The first-order chi connectivity index (χ1) is 19.9. The highest BCUT2D eigenvalue weighted by Crippen LogP contribution is 2.36. The maximum Gasteiger partial charge on any atom is 0.410 e. The molecule has 0 atom stereocenters. The number of anilines is 1. The Balaban J connectivity index is 1.39. The molecular formula is C29H35N5O7S. The summed E-state index contributed by atoms with van der Waals surface area (Å²) in [6.07, 6.45) is 2.72. The van der Waals surface area contributed by atoms with Crippen molar-refractivity contribution in [2.24, 2.45) is 0 Å². The van der Waals surface area contributed by atoms with Crippen LogP contribution in [0.3, 0.4) is 0 Å². The smallest absolute Gasteiger partial charge is 0.410 e. The van der Waals surface area contributed by atoms with E-state index in [0.717, 1.165) is 22.4 Å². The third-order valence-electron chi connectivity index (χ3n) is 6.97. The Morgan fingerprint density at radius 1 is 1.10 bits per heavy atom. The number of nitrogens with one attached hydrogen (secondary N) is 1. The molecule has 1 N–H and O–H groups in total. The van der Waals surface area contributed by atoms with Crippen LogP contribution in [0.15, 0.2) is 45.9 Å². The van der Waals surface area contributed by atoms with Gasteiger partial charge in [-0.05, 0) is 62.6 Å². The number of methoxy groups -OCH3 is 2. The zero-order valence-electron chi connectivity index (χ0n) is 24.6. The van der Waals surface area contributed by atoms with E-state index in [1.807, 2.05) is 38.4 Å². The number of nitrogens with zero attached hydrogens (tertiary/aromatic N) is 4. The van der Waals surface area contributed by atoms with Gasteiger partial charge in [0, 0.05) is 24.2 Å². The largest absolute Gasteiger partial charge is 0.496 e. The fourth-order valence-corrected chi connectivity index (χ4v) is 6.16. The van der Waals surface area contributed by atoms with Crippen molar-refractivity contribution in [2.75, 3.05) is 25.5 Å². The molecule has 3 heterocycles. The number of carbonyl (C=O) groups excluding carboxylic acids is 1. The predicted octanol–water partition coefficient (Wildman–Crippen LogP) is 4.75. The number of hydrogen-bond donors (Lipinski definition) is 1. The average molecular weight is 598 g/mol. The molecule has 0 saturated carbocycles. The average Bonchev–Trinajstić information content (AvgIpc) is 3.54. The molecule has 4 aromatic rings. The van der Waals surface area contributed by atoms with Crippen molar-refractivity contribution in [2.45, 2.75) is 64.1 Å². The van der Waals surface area contributed by atoms with Gasteiger partial charge < -0.3 is 23.6 Å². The highest BCUT2D eigenvalue weighted by molar-refractivity contribution is 7.92. The second-order valence-electron chi connectivity index (χ2n) is 11.1. The fourth-order valence-electron chi connectivity index (χ4n) is 4.93. The molecule has 1 aliphatic rings. The Labute approximate surface area is 244 Å². The van der Waals surface area contributed by atoms with Crippen LogP contribution in [0.1, 0.15) is 50.1 Å². The maximum atomic E-state index is 13.4. The number of amides is 1. The van der Waals surface area contributed by atoms with Gasteiger partial charge in [-0.1, -0.05) is 18.1 Å². The summed E-state index contributed by atoms with van der Waals surface area (Å²) in [5.41, 5.74) is 3.45. The monoisotopic (exact) mass is 597 g/mol. The number of hydrogen-bond acceptors (Lipinski definition) is 9. The van der Waals surface area contributed by atoms with Crippen LogP contribution in [0.4, 0.5) is 10.6 Å². The molecule has 224 valence electrons. The van der Waals surface area contributed by atoms with Crippen LogP contribution in [0.2, 0.25) is 0 Å². The van der Waals surface area contributed by atoms with Gasteiger partial charge in [-0.3, -0.25) is 9.40 Å². The Bertz CT molecular complexity index is 1740. The quantitative estimate of drug-likeness (QED) is 0.305.